The van der Waals surface area contributed by atoms with Gasteiger partial charge < -0.3 is 5.32 Å². The zero-order chi connectivity index (χ0) is 20.4. The first-order chi connectivity index (χ1) is 13.3. The predicted octanol–water partition coefficient (Wildman–Crippen LogP) is 5.02. The summed E-state index contributed by atoms with van der Waals surface area (Å²) in [5, 5.41) is 18.9. The predicted molar refractivity (Wildman–Crippen MR) is 108 cm³/mol. The van der Waals surface area contributed by atoms with Crippen LogP contribution < -0.4 is 5.32 Å². The van der Waals surface area contributed by atoms with Gasteiger partial charge in [0.05, 0.1) is 22.2 Å². The van der Waals surface area contributed by atoms with E-state index in [2.05, 4.69) is 10.4 Å². The summed E-state index contributed by atoms with van der Waals surface area (Å²) in [6, 6.07) is 11.7. The van der Waals surface area contributed by atoms with Crippen molar-refractivity contribution in [2.45, 2.75) is 20.4 Å². The number of rotatable bonds is 5. The van der Waals surface area contributed by atoms with Gasteiger partial charge >= 0.3 is 5.69 Å². The van der Waals surface area contributed by atoms with Gasteiger partial charge in [-0.2, -0.15) is 5.10 Å². The average molecular weight is 419 g/mol. The van der Waals surface area contributed by atoms with E-state index in [1.54, 1.807) is 61.0 Å². The van der Waals surface area contributed by atoms with E-state index in [0.717, 1.165) is 5.56 Å². The first-order valence-corrected chi connectivity index (χ1v) is 9.05. The molecule has 0 aliphatic carbocycles. The number of amides is 1. The zero-order valence-electron chi connectivity index (χ0n) is 15.1. The Morgan fingerprint density at radius 3 is 2.43 bits per heavy atom. The fourth-order valence-electron chi connectivity index (χ4n) is 2.83. The molecule has 0 aliphatic rings. The van der Waals surface area contributed by atoms with E-state index in [1.165, 1.54) is 0 Å². The molecule has 9 heteroatoms. The minimum Gasteiger partial charge on any atom is -0.321 e. The Morgan fingerprint density at radius 1 is 1.18 bits per heavy atom. The topological polar surface area (TPSA) is 90.1 Å². The van der Waals surface area contributed by atoms with Gasteiger partial charge in [-0.25, -0.2) is 0 Å². The molecule has 7 nitrogen and oxygen atoms in total. The number of halogens is 2. The van der Waals surface area contributed by atoms with Crippen molar-refractivity contribution < 1.29 is 9.72 Å². The number of nitro groups is 1. The first-order valence-electron chi connectivity index (χ1n) is 8.30. The SMILES string of the molecule is Cc1nn(Cc2ccc(C(=O)Nc3ccc(Cl)cc3Cl)cc2)c(C)c1[N+](=O)[O-]. The Balaban J connectivity index is 1.74. The molecule has 144 valence electrons. The zero-order valence-corrected chi connectivity index (χ0v) is 16.6. The van der Waals surface area contributed by atoms with E-state index in [1.807, 2.05) is 0 Å². The lowest BCUT2D eigenvalue weighted by molar-refractivity contribution is -0.386. The first kappa shape index (κ1) is 19.9. The smallest absolute Gasteiger partial charge is 0.312 e. The van der Waals surface area contributed by atoms with Gasteiger partial charge in [0.25, 0.3) is 5.91 Å². The standard InChI is InChI=1S/C19H16Cl2N4O3/c1-11-18(25(27)28)12(2)24(23-11)10-13-3-5-14(6-4-13)19(26)22-17-8-7-15(20)9-16(17)21/h3-9H,10H2,1-2H3,(H,22,26). The number of hydrogen-bond donors (Lipinski definition) is 1. The molecule has 0 atom stereocenters. The lowest BCUT2D eigenvalue weighted by atomic mass is 10.1. The van der Waals surface area contributed by atoms with E-state index in [0.29, 0.717) is 39.2 Å². The van der Waals surface area contributed by atoms with Crippen LogP contribution in [0.3, 0.4) is 0 Å². The van der Waals surface area contributed by atoms with E-state index in [9.17, 15) is 14.9 Å². The van der Waals surface area contributed by atoms with Crippen molar-refractivity contribution in [3.63, 3.8) is 0 Å². The Hall–Kier alpha value is -2.90. The monoisotopic (exact) mass is 418 g/mol. The third kappa shape index (κ3) is 4.16. The van der Waals surface area contributed by atoms with E-state index in [-0.39, 0.29) is 11.6 Å². The molecule has 0 aliphatic heterocycles. The van der Waals surface area contributed by atoms with Crippen molar-refractivity contribution in [3.8, 4) is 0 Å². The number of carbonyl (C=O) groups is 1. The largest absolute Gasteiger partial charge is 0.321 e. The third-order valence-electron chi connectivity index (χ3n) is 4.25. The molecule has 0 fully saturated rings. The molecule has 1 heterocycles. The molecule has 1 aromatic heterocycles. The second kappa shape index (κ2) is 8.00. The Labute approximate surface area is 171 Å². The maximum Gasteiger partial charge on any atom is 0.312 e. The van der Waals surface area contributed by atoms with Gasteiger partial charge in [0.15, 0.2) is 0 Å². The molecule has 0 bridgehead atoms. The summed E-state index contributed by atoms with van der Waals surface area (Å²) < 4.78 is 1.58. The average Bonchev–Trinajstić information content (AvgIpc) is 2.91. The summed E-state index contributed by atoms with van der Waals surface area (Å²) in [4.78, 5) is 23.1. The normalized spacial score (nSPS) is 10.7. The van der Waals surface area contributed by atoms with Crippen molar-refractivity contribution >= 4 is 40.5 Å². The van der Waals surface area contributed by atoms with Crippen LogP contribution >= 0.6 is 23.2 Å². The summed E-state index contributed by atoms with van der Waals surface area (Å²) in [6.45, 7) is 3.64. The van der Waals surface area contributed by atoms with Crippen LogP contribution in [0.2, 0.25) is 10.0 Å². The van der Waals surface area contributed by atoms with Crippen LogP contribution in [0, 0.1) is 24.0 Å². The molecule has 0 saturated carbocycles. The molecule has 2 aromatic carbocycles. The number of nitrogens with zero attached hydrogens (tertiary/aromatic N) is 3. The van der Waals surface area contributed by atoms with E-state index in [4.69, 9.17) is 23.2 Å². The van der Waals surface area contributed by atoms with Crippen LogP contribution in [0.4, 0.5) is 11.4 Å². The van der Waals surface area contributed by atoms with E-state index >= 15 is 0 Å². The van der Waals surface area contributed by atoms with Crippen LogP contribution in [-0.4, -0.2) is 20.6 Å². The Bertz CT molecular complexity index is 1060. The lowest BCUT2D eigenvalue weighted by Crippen LogP contribution is -2.12. The van der Waals surface area contributed by atoms with Gasteiger partial charge in [-0.05, 0) is 49.7 Å². The summed E-state index contributed by atoms with van der Waals surface area (Å²) in [5.74, 6) is -0.308. The molecular formula is C19H16Cl2N4O3. The van der Waals surface area contributed by atoms with E-state index < -0.39 is 4.92 Å². The molecule has 0 spiro atoms. The van der Waals surface area contributed by atoms with Crippen molar-refractivity contribution in [3.05, 3.63) is 85.1 Å². The van der Waals surface area contributed by atoms with Gasteiger partial charge in [0.2, 0.25) is 0 Å². The molecular weight excluding hydrogens is 403 g/mol. The van der Waals surface area contributed by atoms with Gasteiger partial charge in [-0.3, -0.25) is 19.6 Å². The minimum absolute atomic E-state index is 0.0239. The Morgan fingerprint density at radius 2 is 1.86 bits per heavy atom. The maximum absolute atomic E-state index is 12.4. The molecule has 28 heavy (non-hydrogen) atoms. The van der Waals surface area contributed by atoms with Crippen LogP contribution in [0.5, 0.6) is 0 Å². The third-order valence-corrected chi connectivity index (χ3v) is 4.80. The quantitative estimate of drug-likeness (QED) is 0.465. The van der Waals surface area contributed by atoms with Crippen LogP contribution in [0.1, 0.15) is 27.3 Å². The number of anilines is 1. The fraction of sp³-hybridized carbons (Fsp3) is 0.158. The summed E-state index contributed by atoms with van der Waals surface area (Å²) >= 11 is 11.9. The summed E-state index contributed by atoms with van der Waals surface area (Å²) in [6.07, 6.45) is 0. The van der Waals surface area contributed by atoms with Gasteiger partial charge in [0.1, 0.15) is 11.4 Å². The highest BCUT2D eigenvalue weighted by Crippen LogP contribution is 2.26. The van der Waals surface area contributed by atoms with Crippen molar-refractivity contribution in [2.75, 3.05) is 5.32 Å². The van der Waals surface area contributed by atoms with Gasteiger partial charge in [0, 0.05) is 10.6 Å². The van der Waals surface area contributed by atoms with Crippen LogP contribution in [-0.2, 0) is 6.54 Å². The highest BCUT2D eigenvalue weighted by atomic mass is 35.5. The molecule has 0 radical (unpaired) electrons. The molecule has 0 saturated heterocycles. The fourth-order valence-corrected chi connectivity index (χ4v) is 3.28. The van der Waals surface area contributed by atoms with Crippen molar-refractivity contribution in [2.24, 2.45) is 0 Å². The number of aromatic nitrogens is 2. The number of carbonyl (C=O) groups excluding carboxylic acids is 1. The number of aryl methyl sites for hydroxylation is 1. The highest BCUT2D eigenvalue weighted by molar-refractivity contribution is 6.36. The molecule has 1 N–H and O–H groups in total. The summed E-state index contributed by atoms with van der Waals surface area (Å²) in [5.41, 5.74) is 2.67. The van der Waals surface area contributed by atoms with Gasteiger partial charge in [-0.1, -0.05) is 35.3 Å². The van der Waals surface area contributed by atoms with Crippen LogP contribution in [0.25, 0.3) is 0 Å². The number of nitrogens with one attached hydrogen (secondary N) is 1. The van der Waals surface area contributed by atoms with Crippen molar-refractivity contribution in [1.29, 1.82) is 0 Å². The number of benzene rings is 2. The highest BCUT2D eigenvalue weighted by Gasteiger charge is 2.21. The number of hydrogen-bond acceptors (Lipinski definition) is 4. The lowest BCUT2D eigenvalue weighted by Gasteiger charge is -2.09. The van der Waals surface area contributed by atoms with Crippen molar-refractivity contribution in [1.82, 2.24) is 9.78 Å². The molecule has 3 rings (SSSR count). The second-order valence-electron chi connectivity index (χ2n) is 6.21. The Kier molecular flexibility index (Phi) is 5.67. The van der Waals surface area contributed by atoms with Crippen LogP contribution in [0.15, 0.2) is 42.5 Å². The molecule has 1 amide bonds. The maximum atomic E-state index is 12.4. The molecule has 3 aromatic rings. The molecule has 0 unspecified atom stereocenters. The second-order valence-corrected chi connectivity index (χ2v) is 7.05. The minimum atomic E-state index is -0.427. The summed E-state index contributed by atoms with van der Waals surface area (Å²) in [7, 11) is 0. The van der Waals surface area contributed by atoms with Gasteiger partial charge in [-0.15, -0.1) is 0 Å².